The van der Waals surface area contributed by atoms with Crippen LogP contribution in [0.1, 0.15) is 24.8 Å². The van der Waals surface area contributed by atoms with E-state index < -0.39 is 11.6 Å². The van der Waals surface area contributed by atoms with E-state index in [4.69, 9.17) is 0 Å². The lowest BCUT2D eigenvalue weighted by atomic mass is 10.1. The fourth-order valence-corrected chi connectivity index (χ4v) is 2.98. The summed E-state index contributed by atoms with van der Waals surface area (Å²) < 4.78 is 26.9. The lowest BCUT2D eigenvalue weighted by Gasteiger charge is -2.32. The Kier molecular flexibility index (Phi) is 3.46. The summed E-state index contributed by atoms with van der Waals surface area (Å²) in [5.41, 5.74) is 0.339. The molecule has 0 bridgehead atoms. The molecule has 0 spiro atoms. The minimum atomic E-state index is -0.449. The molecule has 1 heterocycles. The smallest absolute Gasteiger partial charge is 0.226 e. The third kappa shape index (κ3) is 2.54. The lowest BCUT2D eigenvalue weighted by Crippen LogP contribution is -2.51. The molecule has 3 rings (SSSR count). The minimum absolute atomic E-state index is 0.0759. The first-order chi connectivity index (χ1) is 9.56. The number of piperazine rings is 1. The van der Waals surface area contributed by atoms with Gasteiger partial charge in [0.1, 0.15) is 11.6 Å². The van der Waals surface area contributed by atoms with E-state index in [9.17, 15) is 13.6 Å². The number of halogens is 2. The number of hydrogen-bond acceptors (Lipinski definition) is 2. The molecule has 2 fully saturated rings. The first-order valence-electron chi connectivity index (χ1n) is 7.03. The van der Waals surface area contributed by atoms with Gasteiger partial charge in [0.2, 0.25) is 5.91 Å². The van der Waals surface area contributed by atoms with Crippen molar-refractivity contribution in [1.82, 2.24) is 10.2 Å². The van der Waals surface area contributed by atoms with E-state index in [-0.39, 0.29) is 23.8 Å². The van der Waals surface area contributed by atoms with Crippen molar-refractivity contribution < 1.29 is 13.6 Å². The third-order valence-electron chi connectivity index (χ3n) is 4.15. The zero-order valence-corrected chi connectivity index (χ0v) is 11.4. The summed E-state index contributed by atoms with van der Waals surface area (Å²) in [6.45, 7) is 4.21. The van der Waals surface area contributed by atoms with Crippen LogP contribution in [0.15, 0.2) is 18.2 Å². The highest BCUT2D eigenvalue weighted by Gasteiger charge is 2.47. The summed E-state index contributed by atoms with van der Waals surface area (Å²) in [6.07, 6.45) is 0.623. The zero-order valence-electron chi connectivity index (χ0n) is 11.4. The van der Waals surface area contributed by atoms with E-state index in [2.05, 4.69) is 5.32 Å². The van der Waals surface area contributed by atoms with Crippen LogP contribution in [0.4, 0.5) is 8.78 Å². The molecule has 1 N–H and O–H groups in total. The Morgan fingerprint density at radius 2 is 2.20 bits per heavy atom. The number of benzene rings is 1. The van der Waals surface area contributed by atoms with Crippen molar-refractivity contribution in [3.05, 3.63) is 35.4 Å². The molecule has 5 heteroatoms. The average Bonchev–Trinajstić information content (AvgIpc) is 3.21. The molecule has 20 heavy (non-hydrogen) atoms. The van der Waals surface area contributed by atoms with E-state index >= 15 is 0 Å². The molecule has 1 saturated heterocycles. The summed E-state index contributed by atoms with van der Waals surface area (Å²) in [5.74, 6) is -1.14. The molecule has 0 radical (unpaired) electrons. The number of rotatable bonds is 2. The number of nitrogens with zero attached hydrogens (tertiary/aromatic N) is 1. The Balaban J connectivity index is 1.69. The second kappa shape index (κ2) is 5.13. The van der Waals surface area contributed by atoms with Crippen LogP contribution in [0.3, 0.4) is 0 Å². The van der Waals surface area contributed by atoms with E-state index in [1.807, 2.05) is 11.8 Å². The van der Waals surface area contributed by atoms with Gasteiger partial charge in [-0.1, -0.05) is 0 Å². The molecular formula is C15H18F2N2O. The van der Waals surface area contributed by atoms with Crippen molar-refractivity contribution in [1.29, 1.82) is 0 Å². The molecular weight excluding hydrogens is 262 g/mol. The van der Waals surface area contributed by atoms with Crippen LogP contribution in [-0.4, -0.2) is 36.5 Å². The Morgan fingerprint density at radius 3 is 2.95 bits per heavy atom. The average molecular weight is 280 g/mol. The fraction of sp³-hybridized carbons (Fsp3) is 0.533. The predicted molar refractivity (Wildman–Crippen MR) is 71.3 cm³/mol. The van der Waals surface area contributed by atoms with Crippen molar-refractivity contribution in [3.8, 4) is 0 Å². The van der Waals surface area contributed by atoms with Crippen LogP contribution in [0.25, 0.3) is 0 Å². The van der Waals surface area contributed by atoms with Crippen LogP contribution in [0.5, 0.6) is 0 Å². The van der Waals surface area contributed by atoms with E-state index in [0.717, 1.165) is 18.7 Å². The predicted octanol–water partition coefficient (Wildman–Crippen LogP) is 1.89. The van der Waals surface area contributed by atoms with Gasteiger partial charge in [0.25, 0.3) is 0 Å². The number of amides is 1. The second-order valence-electron chi connectivity index (χ2n) is 5.75. The van der Waals surface area contributed by atoms with Crippen LogP contribution in [0, 0.1) is 17.6 Å². The highest BCUT2D eigenvalue weighted by molar-refractivity contribution is 5.83. The molecule has 1 amide bonds. The second-order valence-corrected chi connectivity index (χ2v) is 5.75. The number of carbonyl (C=O) groups excluding carboxylic acids is 1. The van der Waals surface area contributed by atoms with Gasteiger partial charge in [-0.15, -0.1) is 0 Å². The van der Waals surface area contributed by atoms with Gasteiger partial charge >= 0.3 is 0 Å². The van der Waals surface area contributed by atoms with Gasteiger partial charge < -0.3 is 10.2 Å². The van der Waals surface area contributed by atoms with E-state index in [1.165, 1.54) is 6.07 Å². The Hall–Kier alpha value is -1.49. The highest BCUT2D eigenvalue weighted by Crippen LogP contribution is 2.49. The molecule has 3 nitrogen and oxygen atoms in total. The minimum Gasteiger partial charge on any atom is -0.340 e. The number of carbonyl (C=O) groups is 1. The topological polar surface area (TPSA) is 32.3 Å². The zero-order chi connectivity index (χ0) is 14.3. The van der Waals surface area contributed by atoms with Gasteiger partial charge in [-0.3, -0.25) is 4.79 Å². The summed E-state index contributed by atoms with van der Waals surface area (Å²) in [5, 5.41) is 3.28. The summed E-state index contributed by atoms with van der Waals surface area (Å²) in [6, 6.07) is 3.75. The monoisotopic (exact) mass is 280 g/mol. The van der Waals surface area contributed by atoms with Crippen LogP contribution in [-0.2, 0) is 4.79 Å². The molecule has 0 unspecified atom stereocenters. The Labute approximate surface area is 117 Å². The van der Waals surface area contributed by atoms with Crippen LogP contribution < -0.4 is 5.32 Å². The first kappa shape index (κ1) is 13.5. The molecule has 108 valence electrons. The van der Waals surface area contributed by atoms with Gasteiger partial charge in [-0.05, 0) is 43.0 Å². The van der Waals surface area contributed by atoms with Crippen molar-refractivity contribution in [2.24, 2.45) is 5.92 Å². The molecule has 0 aromatic heterocycles. The summed E-state index contributed by atoms with van der Waals surface area (Å²) in [7, 11) is 0. The molecule has 2 aliphatic rings. The van der Waals surface area contributed by atoms with Crippen LogP contribution >= 0.6 is 0 Å². The van der Waals surface area contributed by atoms with Crippen LogP contribution in [0.2, 0.25) is 0 Å². The summed E-state index contributed by atoms with van der Waals surface area (Å²) in [4.78, 5) is 14.2. The number of nitrogens with one attached hydrogen (secondary N) is 1. The quantitative estimate of drug-likeness (QED) is 0.897. The van der Waals surface area contributed by atoms with Gasteiger partial charge in [-0.25, -0.2) is 8.78 Å². The molecule has 3 atom stereocenters. The first-order valence-corrected chi connectivity index (χ1v) is 7.03. The van der Waals surface area contributed by atoms with E-state index in [0.29, 0.717) is 25.1 Å². The maximum absolute atomic E-state index is 13.7. The van der Waals surface area contributed by atoms with Gasteiger partial charge in [0.15, 0.2) is 0 Å². The standard InChI is InChI=1S/C15H18F2N2O/c1-9-8-19(5-4-18-9)15(20)13-7-11(13)12-6-10(16)2-3-14(12)17/h2-3,6,9,11,13,18H,4-5,7-8H2,1H3/t9-,11-,13+/m1/s1. The number of hydrogen-bond donors (Lipinski definition) is 1. The SMILES string of the molecule is C[C@@H]1CN(C(=O)[C@H]2C[C@@H]2c2cc(F)ccc2F)CCN1. The van der Waals surface area contributed by atoms with Gasteiger partial charge in [0, 0.05) is 31.6 Å². The Bertz CT molecular complexity index is 535. The van der Waals surface area contributed by atoms with Crippen molar-refractivity contribution >= 4 is 5.91 Å². The van der Waals surface area contributed by atoms with Crippen molar-refractivity contribution in [3.63, 3.8) is 0 Å². The maximum atomic E-state index is 13.7. The summed E-state index contributed by atoms with van der Waals surface area (Å²) >= 11 is 0. The van der Waals surface area contributed by atoms with Gasteiger partial charge in [-0.2, -0.15) is 0 Å². The lowest BCUT2D eigenvalue weighted by molar-refractivity contribution is -0.133. The van der Waals surface area contributed by atoms with Crippen molar-refractivity contribution in [2.75, 3.05) is 19.6 Å². The normalized spacial score (nSPS) is 29.4. The van der Waals surface area contributed by atoms with Crippen molar-refractivity contribution in [2.45, 2.75) is 25.3 Å². The van der Waals surface area contributed by atoms with Gasteiger partial charge in [0.05, 0.1) is 0 Å². The molecule has 1 saturated carbocycles. The molecule has 1 aromatic rings. The maximum Gasteiger partial charge on any atom is 0.226 e. The largest absolute Gasteiger partial charge is 0.340 e. The fourth-order valence-electron chi connectivity index (χ4n) is 2.98. The Morgan fingerprint density at radius 1 is 1.40 bits per heavy atom. The molecule has 1 aliphatic carbocycles. The third-order valence-corrected chi connectivity index (χ3v) is 4.15. The molecule has 1 aliphatic heterocycles. The highest BCUT2D eigenvalue weighted by atomic mass is 19.1. The van der Waals surface area contributed by atoms with E-state index in [1.54, 1.807) is 0 Å². The molecule has 1 aromatic carbocycles.